The molecule has 0 amide bonds. The van der Waals surface area contributed by atoms with Crippen molar-refractivity contribution in [3.8, 4) is 9.75 Å². The van der Waals surface area contributed by atoms with Gasteiger partial charge in [0.05, 0.1) is 23.9 Å². The maximum absolute atomic E-state index is 13.1. The molecule has 4 fully saturated rings. The van der Waals surface area contributed by atoms with Gasteiger partial charge in [0.2, 0.25) is 0 Å². The summed E-state index contributed by atoms with van der Waals surface area (Å²) >= 11 is 6.69. The number of thiophene rings is 4. The summed E-state index contributed by atoms with van der Waals surface area (Å²) in [5.41, 5.74) is 2.63. The quantitative estimate of drug-likeness (QED) is 0.218. The lowest BCUT2D eigenvalue weighted by atomic mass is 9.81. The fourth-order valence-corrected chi connectivity index (χ4v) is 14.0. The summed E-state index contributed by atoms with van der Waals surface area (Å²) in [5, 5.41) is 1.47. The minimum Gasteiger partial charge on any atom is -0.292 e. The van der Waals surface area contributed by atoms with Crippen molar-refractivity contribution in [1.29, 1.82) is 0 Å². The van der Waals surface area contributed by atoms with Crippen LogP contribution in [0, 0.1) is 23.7 Å². The normalized spacial score (nSPS) is 27.8. The number of rotatable bonds is 2. The van der Waals surface area contributed by atoms with Gasteiger partial charge in [-0.1, -0.05) is 39.5 Å². The van der Waals surface area contributed by atoms with E-state index in [-0.39, 0.29) is 63.6 Å². The molecule has 4 aromatic heterocycles. The minimum absolute atomic E-state index is 0.0564. The Morgan fingerprint density at radius 3 is 1.65 bits per heavy atom. The molecule has 5 aliphatic carbocycles. The van der Waals surface area contributed by atoms with Crippen LogP contribution in [0.3, 0.4) is 0 Å². The van der Waals surface area contributed by atoms with Crippen molar-refractivity contribution < 1.29 is 19.2 Å². The maximum atomic E-state index is 13.1. The first-order valence-corrected chi connectivity index (χ1v) is 18.5. The Kier molecular flexibility index (Phi) is 5.71. The zero-order valence-corrected chi connectivity index (χ0v) is 27.0. The molecule has 0 aliphatic heterocycles. The average Bonchev–Trinajstić information content (AvgIpc) is 3.83. The predicted octanol–water partition coefficient (Wildman–Crippen LogP) is 8.61. The van der Waals surface area contributed by atoms with Crippen LogP contribution in [0.5, 0.6) is 0 Å². The van der Waals surface area contributed by atoms with Crippen molar-refractivity contribution >= 4 is 109 Å². The van der Waals surface area contributed by atoms with Gasteiger partial charge in [-0.2, -0.15) is 0 Å². The van der Waals surface area contributed by atoms with E-state index in [9.17, 15) is 19.2 Å². The Labute approximate surface area is 263 Å². The van der Waals surface area contributed by atoms with E-state index in [1.807, 2.05) is 6.07 Å². The first kappa shape index (κ1) is 26.7. The van der Waals surface area contributed by atoms with E-state index in [1.165, 1.54) is 30.3 Å². The minimum atomic E-state index is -0.232. The van der Waals surface area contributed by atoms with Gasteiger partial charge in [-0.15, -0.1) is 45.3 Å². The van der Waals surface area contributed by atoms with Gasteiger partial charge < -0.3 is 0 Å². The Morgan fingerprint density at radius 1 is 0.605 bits per heavy atom. The van der Waals surface area contributed by atoms with E-state index in [0.717, 1.165) is 70.8 Å². The van der Waals surface area contributed by atoms with E-state index in [0.29, 0.717) is 0 Å². The lowest BCUT2D eigenvalue weighted by molar-refractivity contribution is -0.120. The summed E-state index contributed by atoms with van der Waals surface area (Å²) in [6.45, 7) is 4.49. The van der Waals surface area contributed by atoms with Gasteiger partial charge in [-0.05, 0) is 48.9 Å². The van der Waals surface area contributed by atoms with Crippen LogP contribution in [0.15, 0.2) is 22.1 Å². The van der Waals surface area contributed by atoms with E-state index in [1.54, 1.807) is 45.3 Å². The van der Waals surface area contributed by atoms with Crippen LogP contribution in [-0.2, 0) is 24.6 Å². The molecule has 9 rings (SSSR count). The predicted molar refractivity (Wildman–Crippen MR) is 176 cm³/mol. The summed E-state index contributed by atoms with van der Waals surface area (Å²) in [4.78, 5) is 64.0. The van der Waals surface area contributed by atoms with Crippen LogP contribution in [0.1, 0.15) is 76.3 Å². The molecule has 43 heavy (non-hydrogen) atoms. The first-order chi connectivity index (χ1) is 20.7. The summed E-state index contributed by atoms with van der Waals surface area (Å²) in [7, 11) is 0. The second-order valence-corrected chi connectivity index (χ2v) is 17.3. The number of hydrogen-bond acceptors (Lipinski definition) is 10. The monoisotopic (exact) mass is 644 g/mol. The number of ketones is 4. The van der Waals surface area contributed by atoms with Crippen molar-refractivity contribution in [3.63, 3.8) is 0 Å². The lowest BCUT2D eigenvalue weighted by Crippen LogP contribution is -2.21. The Hall–Kier alpha value is -2.66. The van der Waals surface area contributed by atoms with Gasteiger partial charge in [0.15, 0.2) is 34.6 Å². The number of aliphatic imine (C=N–C) groups is 2. The van der Waals surface area contributed by atoms with Crippen LogP contribution < -0.4 is 0 Å². The molecule has 0 aromatic carbocycles. The number of fused-ring (bicyclic) bond motifs is 9. The molecular formula is C33H28N2O4S4. The van der Waals surface area contributed by atoms with Crippen molar-refractivity contribution in [1.82, 2.24) is 0 Å². The first-order valence-electron chi connectivity index (χ1n) is 15.2. The largest absolute Gasteiger partial charge is 0.292 e. The smallest absolute Gasteiger partial charge is 0.188 e. The summed E-state index contributed by atoms with van der Waals surface area (Å²) < 4.78 is 4.81. The fourth-order valence-electron chi connectivity index (χ4n) is 8.26. The molecular weight excluding hydrogens is 617 g/mol. The molecule has 0 N–H and O–H groups in total. The van der Waals surface area contributed by atoms with E-state index in [2.05, 4.69) is 24.9 Å². The molecule has 4 saturated carbocycles. The number of carbonyl (C=O) groups is 4. The molecule has 6 nitrogen and oxygen atoms in total. The highest BCUT2D eigenvalue weighted by atomic mass is 32.1. The zero-order chi connectivity index (χ0) is 29.4. The average molecular weight is 645 g/mol. The molecule has 0 bridgehead atoms. The number of hydrogen-bond donors (Lipinski definition) is 0. The third kappa shape index (κ3) is 3.61. The van der Waals surface area contributed by atoms with E-state index < -0.39 is 0 Å². The molecule has 0 radical (unpaired) electrons. The molecule has 10 heteroatoms. The third-order valence-electron chi connectivity index (χ3n) is 10.4. The lowest BCUT2D eigenvalue weighted by Gasteiger charge is -2.20. The van der Waals surface area contributed by atoms with Gasteiger partial charge in [-0.3, -0.25) is 19.2 Å². The van der Waals surface area contributed by atoms with E-state index in [4.69, 9.17) is 4.99 Å². The fraction of sp³-hybridized carbons (Fsp3) is 0.455. The van der Waals surface area contributed by atoms with Crippen LogP contribution in [0.4, 0.5) is 10.0 Å². The summed E-state index contributed by atoms with van der Waals surface area (Å²) in [6, 6.07) is 4.13. The third-order valence-corrected chi connectivity index (χ3v) is 15.4. The maximum Gasteiger partial charge on any atom is 0.188 e. The molecule has 4 heterocycles. The van der Waals surface area contributed by atoms with Gasteiger partial charge in [-0.25, -0.2) is 9.98 Å². The molecule has 218 valence electrons. The topological polar surface area (TPSA) is 93.0 Å². The van der Waals surface area contributed by atoms with Gasteiger partial charge in [0.1, 0.15) is 10.0 Å². The standard InChI is InChI=1S/C33H28N2O4S4/c1-33(2)17-11-19(34-22-24(36)13-7-3-4-8-14(13)25(22)37)41-28(17)30-21(33)31-32(43-30)29-18(40-31)12-20(42-29)35-23-26(38)15-9-5-6-10-16(15)27(23)39/h11-16H,3-10H2,1-2H3. The van der Waals surface area contributed by atoms with Crippen molar-refractivity contribution in [2.45, 2.75) is 70.6 Å². The van der Waals surface area contributed by atoms with Crippen molar-refractivity contribution in [2.24, 2.45) is 33.7 Å². The summed E-state index contributed by atoms with van der Waals surface area (Å²) in [6.07, 6.45) is 7.26. The molecule has 0 spiro atoms. The Morgan fingerprint density at radius 2 is 1.12 bits per heavy atom. The van der Waals surface area contributed by atoms with Crippen LogP contribution in [0.25, 0.3) is 28.6 Å². The summed E-state index contributed by atoms with van der Waals surface area (Å²) in [5.74, 6) is -0.903. The second kappa shape index (κ2) is 9.19. The molecule has 4 aromatic rings. The zero-order valence-electron chi connectivity index (χ0n) is 23.8. The van der Waals surface area contributed by atoms with Gasteiger partial charge >= 0.3 is 0 Å². The highest BCUT2D eigenvalue weighted by Crippen LogP contribution is 2.62. The van der Waals surface area contributed by atoms with Crippen LogP contribution in [0.2, 0.25) is 0 Å². The number of carbonyl (C=O) groups excluding carboxylic acids is 4. The molecule has 4 unspecified atom stereocenters. The SMILES string of the molecule is CC1(C)c2cc(N=C3C(=O)C4CCCCC4C3=O)sc2-c2sc3c(sc4cc(N=C5C(=O)C6CCCCC6C5=O)sc43)c21. The number of Topliss-reactive ketones (excluding diaryl/α,β-unsaturated/α-hetero) is 4. The van der Waals surface area contributed by atoms with Gasteiger partial charge in [0, 0.05) is 33.8 Å². The number of nitrogens with zero attached hydrogens (tertiary/aromatic N) is 2. The second-order valence-electron chi connectivity index (χ2n) is 13.2. The van der Waals surface area contributed by atoms with E-state index >= 15 is 0 Å². The highest BCUT2D eigenvalue weighted by Gasteiger charge is 2.49. The molecule has 0 saturated heterocycles. The van der Waals surface area contributed by atoms with Crippen LogP contribution >= 0.6 is 45.3 Å². The molecule has 4 atom stereocenters. The van der Waals surface area contributed by atoms with Crippen LogP contribution in [-0.4, -0.2) is 34.6 Å². The Bertz CT molecular complexity index is 1980. The highest BCUT2D eigenvalue weighted by molar-refractivity contribution is 7.41. The van der Waals surface area contributed by atoms with Crippen molar-refractivity contribution in [2.75, 3.05) is 0 Å². The molecule has 5 aliphatic rings. The Balaban J connectivity index is 1.09. The van der Waals surface area contributed by atoms with Gasteiger partial charge in [0.25, 0.3) is 0 Å². The van der Waals surface area contributed by atoms with Crippen molar-refractivity contribution in [3.05, 3.63) is 23.3 Å².